The predicted molar refractivity (Wildman–Crippen MR) is 59.0 cm³/mol. The van der Waals surface area contributed by atoms with Crippen LogP contribution in [0.1, 0.15) is 6.42 Å². The summed E-state index contributed by atoms with van der Waals surface area (Å²) >= 11 is 17.2. The van der Waals surface area contributed by atoms with Crippen LogP contribution in [-0.2, 0) is 9.53 Å². The summed E-state index contributed by atoms with van der Waals surface area (Å²) in [6, 6.07) is 0. The summed E-state index contributed by atoms with van der Waals surface area (Å²) in [5.41, 5.74) is 0. The summed E-state index contributed by atoms with van der Waals surface area (Å²) in [5.74, 6) is -3.09. The van der Waals surface area contributed by atoms with E-state index in [2.05, 4.69) is 0 Å². The van der Waals surface area contributed by atoms with Gasteiger partial charge in [-0.15, -0.1) is 0 Å². The highest BCUT2D eigenvalue weighted by atomic mass is 35.6. The second-order valence-corrected chi connectivity index (χ2v) is 6.90. The minimum atomic E-state index is -2.01. The number of hydrogen-bond acceptors (Lipinski definition) is 3. The molecule has 1 aliphatic heterocycles. The third kappa shape index (κ3) is 1.18. The largest absolute Gasteiger partial charge is 0.428 e. The zero-order valence-electron chi connectivity index (χ0n) is 8.07. The van der Waals surface area contributed by atoms with Crippen LogP contribution in [0.2, 0.25) is 0 Å². The van der Waals surface area contributed by atoms with E-state index in [1.54, 1.807) is 0 Å². The van der Waals surface area contributed by atoms with E-state index in [-0.39, 0.29) is 17.8 Å². The predicted octanol–water partition coefficient (Wildman–Crippen LogP) is 2.04. The second-order valence-electron chi connectivity index (χ2n) is 4.62. The first-order valence-electron chi connectivity index (χ1n) is 5.05. The normalized spacial score (nSPS) is 49.6. The number of cyclic esters (lactones) is 1. The zero-order valence-corrected chi connectivity index (χ0v) is 10.3. The van der Waals surface area contributed by atoms with Crippen LogP contribution in [0.15, 0.2) is 12.2 Å². The fourth-order valence-electron chi connectivity index (χ4n) is 3.21. The zero-order chi connectivity index (χ0) is 11.7. The minimum Gasteiger partial charge on any atom is -0.428 e. The van der Waals surface area contributed by atoms with Crippen LogP contribution in [0.3, 0.4) is 0 Å². The van der Waals surface area contributed by atoms with Gasteiger partial charge in [0, 0.05) is 5.92 Å². The molecular formula is C10H9Cl3O3. The number of allylic oxidation sites excluding steroid dienone is 2. The Kier molecular flexibility index (Phi) is 2.14. The molecule has 2 aliphatic carbocycles. The van der Waals surface area contributed by atoms with Gasteiger partial charge in [-0.2, -0.15) is 0 Å². The molecule has 3 nitrogen and oxygen atoms in total. The molecule has 1 saturated heterocycles. The van der Waals surface area contributed by atoms with Crippen molar-refractivity contribution in [2.45, 2.75) is 16.0 Å². The van der Waals surface area contributed by atoms with Gasteiger partial charge in [0.05, 0.1) is 5.92 Å². The molecular weight excluding hydrogens is 274 g/mol. The molecule has 3 aliphatic rings. The van der Waals surface area contributed by atoms with Crippen molar-refractivity contribution in [3.05, 3.63) is 12.2 Å². The summed E-state index contributed by atoms with van der Waals surface area (Å²) in [5, 5.41) is 10.3. The van der Waals surface area contributed by atoms with Crippen molar-refractivity contribution in [2.24, 2.45) is 23.7 Å². The number of esters is 1. The van der Waals surface area contributed by atoms with Crippen molar-refractivity contribution in [3.8, 4) is 0 Å². The smallest absolute Gasteiger partial charge is 0.312 e. The molecule has 1 heterocycles. The van der Waals surface area contributed by atoms with Crippen LogP contribution < -0.4 is 0 Å². The molecule has 1 saturated carbocycles. The molecule has 0 aromatic heterocycles. The number of fused-ring (bicyclic) bond motifs is 5. The van der Waals surface area contributed by atoms with Crippen LogP contribution in [-0.4, -0.2) is 20.7 Å². The Morgan fingerprint density at radius 3 is 2.62 bits per heavy atom. The number of carbonyl (C=O) groups excluding carboxylic acids is 1. The Hall–Kier alpha value is 0.0400. The molecule has 5 unspecified atom stereocenters. The first-order valence-corrected chi connectivity index (χ1v) is 6.18. The van der Waals surface area contributed by atoms with Crippen molar-refractivity contribution < 1.29 is 14.6 Å². The third-order valence-corrected chi connectivity index (χ3v) is 4.66. The number of hydrogen-bond donors (Lipinski definition) is 1. The van der Waals surface area contributed by atoms with E-state index in [1.165, 1.54) is 0 Å². The molecule has 16 heavy (non-hydrogen) atoms. The fourth-order valence-corrected chi connectivity index (χ4v) is 3.71. The van der Waals surface area contributed by atoms with Gasteiger partial charge in [0.15, 0.2) is 0 Å². The minimum absolute atomic E-state index is 0.0575. The van der Waals surface area contributed by atoms with Gasteiger partial charge < -0.3 is 9.84 Å². The summed E-state index contributed by atoms with van der Waals surface area (Å²) < 4.78 is 2.93. The molecule has 0 amide bonds. The molecule has 88 valence electrons. The molecule has 2 fully saturated rings. The maximum absolute atomic E-state index is 11.7. The van der Waals surface area contributed by atoms with Crippen LogP contribution in [0.25, 0.3) is 0 Å². The SMILES string of the molecule is O=C1OC(O)(C(Cl)(Cl)Cl)C2C3C=CC(C3)C12. The number of halogens is 3. The van der Waals surface area contributed by atoms with Crippen molar-refractivity contribution in [1.29, 1.82) is 0 Å². The quantitative estimate of drug-likeness (QED) is 0.420. The Morgan fingerprint density at radius 2 is 2.00 bits per heavy atom. The molecule has 6 heteroatoms. The van der Waals surface area contributed by atoms with Crippen LogP contribution in [0.4, 0.5) is 0 Å². The van der Waals surface area contributed by atoms with Gasteiger partial charge in [0.1, 0.15) is 0 Å². The highest BCUT2D eigenvalue weighted by molar-refractivity contribution is 6.68. The lowest BCUT2D eigenvalue weighted by Crippen LogP contribution is -2.50. The Balaban J connectivity index is 2.06. The van der Waals surface area contributed by atoms with E-state index in [0.29, 0.717) is 0 Å². The fraction of sp³-hybridized carbons (Fsp3) is 0.700. The molecule has 0 spiro atoms. The van der Waals surface area contributed by atoms with E-state index in [9.17, 15) is 9.90 Å². The van der Waals surface area contributed by atoms with Crippen LogP contribution in [0.5, 0.6) is 0 Å². The highest BCUT2D eigenvalue weighted by Crippen LogP contribution is 2.61. The molecule has 0 aromatic carbocycles. The van der Waals surface area contributed by atoms with Gasteiger partial charge in [0.2, 0.25) is 0 Å². The van der Waals surface area contributed by atoms with Gasteiger partial charge in [-0.1, -0.05) is 47.0 Å². The van der Waals surface area contributed by atoms with E-state index < -0.39 is 21.5 Å². The number of alkyl halides is 3. The lowest BCUT2D eigenvalue weighted by Gasteiger charge is -2.35. The van der Waals surface area contributed by atoms with E-state index in [1.807, 2.05) is 12.2 Å². The van der Waals surface area contributed by atoms with Crippen molar-refractivity contribution >= 4 is 40.8 Å². The van der Waals surface area contributed by atoms with Crippen LogP contribution in [0, 0.1) is 23.7 Å². The third-order valence-electron chi connectivity index (χ3n) is 3.85. The molecule has 0 radical (unpaired) electrons. The summed E-state index contributed by atoms with van der Waals surface area (Å²) in [7, 11) is 0. The van der Waals surface area contributed by atoms with E-state index in [4.69, 9.17) is 39.5 Å². The van der Waals surface area contributed by atoms with Gasteiger partial charge in [-0.3, -0.25) is 4.79 Å². The number of carbonyl (C=O) groups is 1. The summed E-state index contributed by atoms with van der Waals surface area (Å²) in [4.78, 5) is 11.7. The summed E-state index contributed by atoms with van der Waals surface area (Å²) in [6.45, 7) is 0. The molecule has 2 bridgehead atoms. The number of ether oxygens (including phenoxy) is 1. The topological polar surface area (TPSA) is 46.5 Å². The van der Waals surface area contributed by atoms with Gasteiger partial charge >= 0.3 is 5.97 Å². The maximum atomic E-state index is 11.7. The number of aliphatic hydroxyl groups is 1. The Morgan fingerprint density at radius 1 is 1.38 bits per heavy atom. The monoisotopic (exact) mass is 282 g/mol. The lowest BCUT2D eigenvalue weighted by molar-refractivity contribution is -0.202. The highest BCUT2D eigenvalue weighted by Gasteiger charge is 2.71. The average Bonchev–Trinajstić information content (AvgIpc) is 2.77. The number of rotatable bonds is 0. The second kappa shape index (κ2) is 3.08. The van der Waals surface area contributed by atoms with E-state index in [0.717, 1.165) is 6.42 Å². The Bertz CT molecular complexity index is 389. The van der Waals surface area contributed by atoms with Gasteiger partial charge in [0.25, 0.3) is 9.58 Å². The standard InChI is InChI=1S/C10H9Cl3O3/c11-10(12,13)9(15)7-5-2-1-4(3-5)6(7)8(14)16-9/h1-2,4-7,15H,3H2. The average molecular weight is 284 g/mol. The Labute approximate surface area is 107 Å². The van der Waals surface area contributed by atoms with Gasteiger partial charge in [-0.05, 0) is 18.3 Å². The molecule has 1 N–H and O–H groups in total. The molecule has 5 atom stereocenters. The van der Waals surface area contributed by atoms with Crippen LogP contribution >= 0.6 is 34.8 Å². The molecule has 3 rings (SSSR count). The maximum Gasteiger partial charge on any atom is 0.312 e. The molecule has 0 aromatic rings. The first kappa shape index (κ1) is 11.1. The van der Waals surface area contributed by atoms with Crippen molar-refractivity contribution in [3.63, 3.8) is 0 Å². The van der Waals surface area contributed by atoms with Crippen molar-refractivity contribution in [1.82, 2.24) is 0 Å². The van der Waals surface area contributed by atoms with Crippen molar-refractivity contribution in [2.75, 3.05) is 0 Å². The summed E-state index contributed by atoms with van der Waals surface area (Å²) in [6.07, 6.45) is 4.78. The first-order chi connectivity index (χ1) is 7.34. The van der Waals surface area contributed by atoms with E-state index >= 15 is 0 Å². The lowest BCUT2D eigenvalue weighted by atomic mass is 9.80. The van der Waals surface area contributed by atoms with Gasteiger partial charge in [-0.25, -0.2) is 0 Å².